The van der Waals surface area contributed by atoms with E-state index in [1.165, 1.54) is 42.5 Å². The summed E-state index contributed by atoms with van der Waals surface area (Å²) in [7, 11) is 0. The molecule has 1 aromatic heterocycles. The van der Waals surface area contributed by atoms with Crippen molar-refractivity contribution in [3.8, 4) is 0 Å². The second-order valence-electron chi connectivity index (χ2n) is 7.32. The van der Waals surface area contributed by atoms with Crippen LogP contribution in [0.25, 0.3) is 6.08 Å². The summed E-state index contributed by atoms with van der Waals surface area (Å²) >= 11 is 0. The molecule has 33 heavy (non-hydrogen) atoms. The fourth-order valence-electron chi connectivity index (χ4n) is 3.19. The van der Waals surface area contributed by atoms with Crippen LogP contribution in [0.5, 0.6) is 0 Å². The molecule has 0 aliphatic rings. The lowest BCUT2D eigenvalue weighted by Crippen LogP contribution is -2.51. The van der Waals surface area contributed by atoms with E-state index in [0.29, 0.717) is 11.6 Å². The van der Waals surface area contributed by atoms with E-state index in [2.05, 4.69) is 15.4 Å². The van der Waals surface area contributed by atoms with Crippen LogP contribution in [0.2, 0.25) is 0 Å². The summed E-state index contributed by atoms with van der Waals surface area (Å²) in [5, 5.41) is 17.7. The molecule has 1 heterocycles. The molecule has 0 bridgehead atoms. The fourth-order valence-corrected chi connectivity index (χ4v) is 3.19. The van der Waals surface area contributed by atoms with Crippen molar-refractivity contribution in [2.45, 2.75) is 31.3 Å². The predicted molar refractivity (Wildman–Crippen MR) is 108 cm³/mol. The Kier molecular flexibility index (Phi) is 6.92. The van der Waals surface area contributed by atoms with Crippen LogP contribution in [0.4, 0.5) is 22.0 Å². The molecule has 2 atom stereocenters. The summed E-state index contributed by atoms with van der Waals surface area (Å²) in [6.45, 7) is 1.11. The number of benzene rings is 2. The third-order valence-electron chi connectivity index (χ3n) is 5.01. The van der Waals surface area contributed by atoms with Crippen LogP contribution in [0.3, 0.4) is 0 Å². The van der Waals surface area contributed by atoms with Crippen LogP contribution in [0.15, 0.2) is 61.2 Å². The summed E-state index contributed by atoms with van der Waals surface area (Å²) in [5.74, 6) is -2.54. The molecule has 174 valence electrons. The molecular formula is C22H19F5N4O2. The van der Waals surface area contributed by atoms with Crippen molar-refractivity contribution in [3.63, 3.8) is 0 Å². The Balaban J connectivity index is 1.79. The zero-order valence-corrected chi connectivity index (χ0v) is 17.2. The summed E-state index contributed by atoms with van der Waals surface area (Å²) in [5.41, 5.74) is -2.78. The Labute approximate surface area is 185 Å². The number of hydrogen-bond acceptors (Lipinski definition) is 4. The second-order valence-corrected chi connectivity index (χ2v) is 7.32. The molecule has 0 aliphatic heterocycles. The third-order valence-corrected chi connectivity index (χ3v) is 5.01. The number of nitrogens with one attached hydrogen (secondary N) is 1. The summed E-state index contributed by atoms with van der Waals surface area (Å²) < 4.78 is 67.1. The molecule has 2 N–H and O–H groups in total. The van der Waals surface area contributed by atoms with Gasteiger partial charge in [0.2, 0.25) is 5.91 Å². The Morgan fingerprint density at radius 3 is 2.45 bits per heavy atom. The quantitative estimate of drug-likeness (QED) is 0.411. The molecule has 2 unspecified atom stereocenters. The zero-order chi connectivity index (χ0) is 24.2. The van der Waals surface area contributed by atoms with Gasteiger partial charge in [0.05, 0.1) is 18.2 Å². The highest BCUT2D eigenvalue weighted by Gasteiger charge is 2.40. The highest BCUT2D eigenvalue weighted by atomic mass is 19.4. The van der Waals surface area contributed by atoms with Crippen molar-refractivity contribution in [1.82, 2.24) is 20.1 Å². The fraction of sp³-hybridized carbons (Fsp3) is 0.227. The molecule has 1 amide bonds. The molecule has 0 radical (unpaired) electrons. The molecule has 2 aromatic carbocycles. The van der Waals surface area contributed by atoms with Gasteiger partial charge in [-0.05, 0) is 36.8 Å². The molecular weight excluding hydrogens is 447 g/mol. The van der Waals surface area contributed by atoms with E-state index in [1.54, 1.807) is 0 Å². The van der Waals surface area contributed by atoms with Gasteiger partial charge < -0.3 is 10.4 Å². The Morgan fingerprint density at radius 2 is 1.88 bits per heavy atom. The maximum Gasteiger partial charge on any atom is 0.416 e. The molecule has 6 nitrogen and oxygen atoms in total. The van der Waals surface area contributed by atoms with Gasteiger partial charge in [0.1, 0.15) is 29.9 Å². The van der Waals surface area contributed by atoms with E-state index < -0.39 is 40.9 Å². The van der Waals surface area contributed by atoms with Crippen LogP contribution in [0, 0.1) is 11.6 Å². The first-order chi connectivity index (χ1) is 15.5. The molecule has 0 spiro atoms. The number of aromatic nitrogens is 3. The highest BCUT2D eigenvalue weighted by Crippen LogP contribution is 2.31. The highest BCUT2D eigenvalue weighted by molar-refractivity contribution is 5.92. The second kappa shape index (κ2) is 9.49. The SMILES string of the molecule is CC(NC(=O)/C=C/c1ccc(C(F)(F)F)cc1)C(O)(Cn1cncn1)c1ccc(F)cc1F. The largest absolute Gasteiger partial charge is 0.416 e. The van der Waals surface area contributed by atoms with Gasteiger partial charge in [0, 0.05) is 17.7 Å². The van der Waals surface area contributed by atoms with Gasteiger partial charge in [-0.1, -0.05) is 18.2 Å². The minimum atomic E-state index is -4.47. The lowest BCUT2D eigenvalue weighted by atomic mass is 9.86. The van der Waals surface area contributed by atoms with E-state index >= 15 is 0 Å². The Bertz CT molecular complexity index is 1130. The summed E-state index contributed by atoms with van der Waals surface area (Å²) in [6.07, 6.45) is 0.370. The molecule has 3 rings (SSSR count). The van der Waals surface area contributed by atoms with Crippen LogP contribution in [0.1, 0.15) is 23.6 Å². The summed E-state index contributed by atoms with van der Waals surface area (Å²) in [4.78, 5) is 16.2. The minimum Gasteiger partial charge on any atom is -0.381 e. The first-order valence-corrected chi connectivity index (χ1v) is 9.65. The van der Waals surface area contributed by atoms with Gasteiger partial charge in [0.15, 0.2) is 0 Å². The van der Waals surface area contributed by atoms with Crippen LogP contribution >= 0.6 is 0 Å². The maximum atomic E-state index is 14.5. The number of carbonyl (C=O) groups excluding carboxylic acids is 1. The smallest absolute Gasteiger partial charge is 0.381 e. The van der Waals surface area contributed by atoms with Crippen LogP contribution in [-0.2, 0) is 23.1 Å². The van der Waals surface area contributed by atoms with E-state index in [1.807, 2.05) is 0 Å². The topological polar surface area (TPSA) is 80.0 Å². The number of nitrogens with zero attached hydrogens (tertiary/aromatic N) is 3. The number of amides is 1. The van der Waals surface area contributed by atoms with Crippen LogP contribution in [-0.4, -0.2) is 31.8 Å². The van der Waals surface area contributed by atoms with Gasteiger partial charge in [-0.3, -0.25) is 4.79 Å². The van der Waals surface area contributed by atoms with Crippen molar-refractivity contribution in [3.05, 3.63) is 89.5 Å². The van der Waals surface area contributed by atoms with E-state index in [4.69, 9.17) is 0 Å². The zero-order valence-electron chi connectivity index (χ0n) is 17.2. The van der Waals surface area contributed by atoms with Crippen molar-refractivity contribution in [1.29, 1.82) is 0 Å². The summed E-state index contributed by atoms with van der Waals surface area (Å²) in [6, 6.07) is 5.73. The van der Waals surface area contributed by atoms with E-state index in [-0.39, 0.29) is 12.1 Å². The maximum absolute atomic E-state index is 14.5. The van der Waals surface area contributed by atoms with Gasteiger partial charge in [-0.25, -0.2) is 18.4 Å². The average Bonchev–Trinajstić information content (AvgIpc) is 3.24. The lowest BCUT2D eigenvalue weighted by molar-refractivity contribution is -0.137. The molecule has 0 saturated carbocycles. The number of carbonyl (C=O) groups is 1. The Hall–Kier alpha value is -3.60. The molecule has 0 fully saturated rings. The van der Waals surface area contributed by atoms with Crippen molar-refractivity contribution < 1.29 is 31.9 Å². The Morgan fingerprint density at radius 1 is 1.18 bits per heavy atom. The number of aliphatic hydroxyl groups is 1. The molecule has 11 heteroatoms. The van der Waals surface area contributed by atoms with E-state index in [9.17, 15) is 31.9 Å². The lowest BCUT2D eigenvalue weighted by Gasteiger charge is -2.35. The normalized spacial score (nSPS) is 14.8. The number of halogens is 5. The van der Waals surface area contributed by atoms with Crippen molar-refractivity contribution in [2.75, 3.05) is 0 Å². The van der Waals surface area contributed by atoms with Gasteiger partial charge in [-0.15, -0.1) is 0 Å². The van der Waals surface area contributed by atoms with Crippen molar-refractivity contribution >= 4 is 12.0 Å². The minimum absolute atomic E-state index is 0.265. The molecule has 3 aromatic rings. The number of alkyl halides is 3. The predicted octanol–water partition coefficient (Wildman–Crippen LogP) is 3.68. The average molecular weight is 466 g/mol. The number of rotatable bonds is 7. The standard InChI is InChI=1S/C22H19F5N4O2/c1-14(30-20(32)9-4-15-2-5-16(6-3-15)22(25,26)27)21(33,11-31-13-28-12-29-31)18-8-7-17(23)10-19(18)24/h2-10,12-14,33H,11H2,1H3,(H,30,32)/b9-4+. The number of hydrogen-bond donors (Lipinski definition) is 2. The first-order valence-electron chi connectivity index (χ1n) is 9.65. The van der Waals surface area contributed by atoms with Crippen LogP contribution < -0.4 is 5.32 Å². The van der Waals surface area contributed by atoms with Gasteiger partial charge in [0.25, 0.3) is 0 Å². The molecule has 0 aliphatic carbocycles. The third kappa shape index (κ3) is 5.80. The van der Waals surface area contributed by atoms with Crippen molar-refractivity contribution in [2.24, 2.45) is 0 Å². The van der Waals surface area contributed by atoms with Gasteiger partial charge >= 0.3 is 6.18 Å². The van der Waals surface area contributed by atoms with E-state index in [0.717, 1.165) is 30.3 Å². The first kappa shape index (κ1) is 24.1. The monoisotopic (exact) mass is 466 g/mol. The van der Waals surface area contributed by atoms with Gasteiger partial charge in [-0.2, -0.15) is 18.3 Å². The molecule has 0 saturated heterocycles.